The molecular weight excluding hydrogens is 540 g/mol. The first-order valence-electron chi connectivity index (χ1n) is 12.3. The third-order valence-electron chi connectivity index (χ3n) is 6.08. The predicted molar refractivity (Wildman–Crippen MR) is 140 cm³/mol. The third-order valence-corrected chi connectivity index (χ3v) is 6.39. The van der Waals surface area contributed by atoms with E-state index >= 15 is 0 Å². The maximum atomic E-state index is 14.2. The zero-order chi connectivity index (χ0) is 28.9. The van der Waals surface area contributed by atoms with Crippen LogP contribution in [0.25, 0.3) is 0 Å². The maximum absolute atomic E-state index is 14.2. The molecule has 7 nitrogen and oxygen atoms in total. The van der Waals surface area contributed by atoms with Crippen molar-refractivity contribution in [2.45, 2.75) is 58.3 Å². The molecule has 4 rings (SSSR count). The Bertz CT molecular complexity index is 1260. The van der Waals surface area contributed by atoms with E-state index in [9.17, 15) is 31.9 Å². The van der Waals surface area contributed by atoms with Crippen LogP contribution in [-0.2, 0) is 14.4 Å². The van der Waals surface area contributed by atoms with Gasteiger partial charge in [0.15, 0.2) is 0 Å². The lowest BCUT2D eigenvalue weighted by Gasteiger charge is -2.19. The molecule has 0 spiro atoms. The average Bonchev–Trinajstić information content (AvgIpc) is 3.62. The Morgan fingerprint density at radius 1 is 1.23 bits per heavy atom. The van der Waals surface area contributed by atoms with Gasteiger partial charge in [-0.15, -0.1) is 0 Å². The number of para-hydroxylation sites is 1. The van der Waals surface area contributed by atoms with E-state index in [1.807, 2.05) is 0 Å². The number of nitrogens with zero attached hydrogens (tertiary/aromatic N) is 1. The van der Waals surface area contributed by atoms with Crippen molar-refractivity contribution in [2.75, 3.05) is 5.32 Å². The standard InChI is InChI=1S/C23H21ClF4N4O3.C4H8/c1-11-7-13(9-14(25)8-11)18-15-3-2-4-16(24)19(15)31-22(35)20(30-18)32-21(34)12(10-17(29)33)5-6-23(26,27)28;1-4-2-3-4/h2-4,7-9,12,20H,5-6,10H2,1H3,(H2,29,33)(H,31,35)(H,32,34);4H,2-3H2,1H3. The van der Waals surface area contributed by atoms with Gasteiger partial charge in [0.1, 0.15) is 5.82 Å². The number of aryl methyl sites for hydroxylation is 1. The van der Waals surface area contributed by atoms with Crippen molar-refractivity contribution >= 4 is 40.7 Å². The van der Waals surface area contributed by atoms with Crippen molar-refractivity contribution < 1.29 is 31.9 Å². The molecule has 2 aromatic carbocycles. The highest BCUT2D eigenvalue weighted by atomic mass is 35.5. The molecule has 0 aromatic heterocycles. The van der Waals surface area contributed by atoms with Gasteiger partial charge < -0.3 is 16.4 Å². The van der Waals surface area contributed by atoms with Crippen molar-refractivity contribution in [3.8, 4) is 0 Å². The molecule has 2 atom stereocenters. The van der Waals surface area contributed by atoms with Crippen LogP contribution in [0.15, 0.2) is 41.4 Å². The molecule has 1 fully saturated rings. The fourth-order valence-corrected chi connectivity index (χ4v) is 4.05. The maximum Gasteiger partial charge on any atom is 0.389 e. The normalized spacial score (nSPS) is 17.5. The first-order valence-corrected chi connectivity index (χ1v) is 12.7. The molecule has 1 heterocycles. The van der Waals surface area contributed by atoms with Crippen LogP contribution < -0.4 is 16.4 Å². The van der Waals surface area contributed by atoms with Gasteiger partial charge in [-0.05, 0) is 49.1 Å². The molecule has 2 aliphatic rings. The summed E-state index contributed by atoms with van der Waals surface area (Å²) in [6.07, 6.45) is -5.88. The van der Waals surface area contributed by atoms with Gasteiger partial charge in [-0.25, -0.2) is 9.38 Å². The summed E-state index contributed by atoms with van der Waals surface area (Å²) in [6, 6.07) is 8.77. The van der Waals surface area contributed by atoms with E-state index in [4.69, 9.17) is 17.3 Å². The van der Waals surface area contributed by atoms with Crippen LogP contribution >= 0.6 is 11.6 Å². The topological polar surface area (TPSA) is 114 Å². The molecule has 1 aliphatic heterocycles. The number of benzene rings is 2. The highest BCUT2D eigenvalue weighted by molar-refractivity contribution is 6.36. The largest absolute Gasteiger partial charge is 0.389 e. The molecule has 3 amide bonds. The summed E-state index contributed by atoms with van der Waals surface area (Å²) >= 11 is 6.25. The second-order valence-electron chi connectivity index (χ2n) is 9.76. The summed E-state index contributed by atoms with van der Waals surface area (Å²) < 4.78 is 52.3. The number of alkyl halides is 3. The summed E-state index contributed by atoms with van der Waals surface area (Å²) in [5, 5.41) is 4.98. The molecule has 2 aromatic rings. The minimum Gasteiger partial charge on any atom is -0.370 e. The number of amides is 3. The molecule has 0 bridgehead atoms. The van der Waals surface area contributed by atoms with Crippen LogP contribution in [0, 0.1) is 24.6 Å². The molecule has 4 N–H and O–H groups in total. The Balaban J connectivity index is 0.000000960. The lowest BCUT2D eigenvalue weighted by atomic mass is 9.97. The van der Waals surface area contributed by atoms with Gasteiger partial charge in [-0.1, -0.05) is 43.5 Å². The van der Waals surface area contributed by atoms with E-state index in [2.05, 4.69) is 22.5 Å². The van der Waals surface area contributed by atoms with Crippen LogP contribution in [0.3, 0.4) is 0 Å². The molecule has 0 saturated heterocycles. The summed E-state index contributed by atoms with van der Waals surface area (Å²) in [5.74, 6) is -3.74. The molecule has 0 radical (unpaired) electrons. The Labute approximate surface area is 228 Å². The second kappa shape index (κ2) is 12.6. The molecule has 2 unspecified atom stereocenters. The molecule has 39 heavy (non-hydrogen) atoms. The summed E-state index contributed by atoms with van der Waals surface area (Å²) in [7, 11) is 0. The van der Waals surface area contributed by atoms with Crippen molar-refractivity contribution in [2.24, 2.45) is 22.6 Å². The fourth-order valence-electron chi connectivity index (χ4n) is 3.82. The van der Waals surface area contributed by atoms with Crippen LogP contribution in [0.2, 0.25) is 5.02 Å². The number of nitrogens with one attached hydrogen (secondary N) is 2. The van der Waals surface area contributed by atoms with Gasteiger partial charge >= 0.3 is 6.18 Å². The van der Waals surface area contributed by atoms with Crippen LogP contribution in [0.5, 0.6) is 0 Å². The molecule has 1 saturated carbocycles. The second-order valence-corrected chi connectivity index (χ2v) is 10.2. The average molecular weight is 569 g/mol. The molecule has 210 valence electrons. The van der Waals surface area contributed by atoms with Crippen molar-refractivity contribution in [3.63, 3.8) is 0 Å². The van der Waals surface area contributed by atoms with Gasteiger partial charge in [0.05, 0.1) is 16.4 Å². The summed E-state index contributed by atoms with van der Waals surface area (Å²) in [4.78, 5) is 41.3. The Morgan fingerprint density at radius 2 is 1.90 bits per heavy atom. The van der Waals surface area contributed by atoms with E-state index in [1.54, 1.807) is 25.1 Å². The minimum absolute atomic E-state index is 0.121. The Kier molecular flexibility index (Phi) is 9.71. The van der Waals surface area contributed by atoms with E-state index in [0.29, 0.717) is 11.1 Å². The minimum atomic E-state index is -4.56. The number of benzodiazepines with no additional fused rings is 1. The first kappa shape index (κ1) is 30.1. The zero-order valence-electron chi connectivity index (χ0n) is 21.4. The summed E-state index contributed by atoms with van der Waals surface area (Å²) in [6.45, 7) is 3.93. The van der Waals surface area contributed by atoms with Crippen molar-refractivity contribution in [1.82, 2.24) is 5.32 Å². The van der Waals surface area contributed by atoms with Crippen molar-refractivity contribution in [1.29, 1.82) is 0 Å². The third kappa shape index (κ3) is 9.05. The van der Waals surface area contributed by atoms with Crippen LogP contribution in [0.1, 0.15) is 55.7 Å². The first-order chi connectivity index (χ1) is 18.2. The lowest BCUT2D eigenvalue weighted by Crippen LogP contribution is -2.45. The van der Waals surface area contributed by atoms with E-state index < -0.39 is 61.1 Å². The van der Waals surface area contributed by atoms with Gasteiger partial charge in [-0.2, -0.15) is 13.2 Å². The van der Waals surface area contributed by atoms with Gasteiger partial charge in [0.2, 0.25) is 18.0 Å². The van der Waals surface area contributed by atoms with Crippen molar-refractivity contribution in [3.05, 3.63) is 63.9 Å². The number of fused-ring (bicyclic) bond motifs is 1. The fraction of sp³-hybridized carbons (Fsp3) is 0.407. The van der Waals surface area contributed by atoms with Gasteiger partial charge in [0, 0.05) is 29.9 Å². The highest BCUT2D eigenvalue weighted by Crippen LogP contribution is 2.31. The van der Waals surface area contributed by atoms with Crippen LogP contribution in [0.4, 0.5) is 23.2 Å². The number of anilines is 1. The van der Waals surface area contributed by atoms with Gasteiger partial charge in [-0.3, -0.25) is 14.4 Å². The Morgan fingerprint density at radius 3 is 2.46 bits per heavy atom. The summed E-state index contributed by atoms with van der Waals surface area (Å²) in [5.41, 5.74) is 6.58. The number of hydrogen-bond donors (Lipinski definition) is 3. The quantitative estimate of drug-likeness (QED) is 0.395. The van der Waals surface area contributed by atoms with E-state index in [1.165, 1.54) is 31.0 Å². The highest BCUT2D eigenvalue weighted by Gasteiger charge is 2.34. The number of rotatable bonds is 7. The zero-order valence-corrected chi connectivity index (χ0v) is 22.1. The number of carbonyl (C=O) groups excluding carboxylic acids is 3. The number of primary amides is 1. The predicted octanol–water partition coefficient (Wildman–Crippen LogP) is 5.27. The molecule has 1 aliphatic carbocycles. The lowest BCUT2D eigenvalue weighted by molar-refractivity contribution is -0.143. The monoisotopic (exact) mass is 568 g/mol. The number of carbonyl (C=O) groups is 3. The molecular formula is C27H29ClF4N4O3. The van der Waals surface area contributed by atoms with Gasteiger partial charge in [0.25, 0.3) is 5.91 Å². The number of nitrogens with two attached hydrogens (primary N) is 1. The SMILES string of the molecule is CC1CC1.Cc1cc(F)cc(C2=NC(NC(=O)C(CCC(F)(F)F)CC(N)=O)C(=O)Nc3c(Cl)cccc32)c1. The van der Waals surface area contributed by atoms with E-state index in [-0.39, 0.29) is 22.0 Å². The van der Waals surface area contributed by atoms with Crippen LogP contribution in [-0.4, -0.2) is 35.8 Å². The Hall–Kier alpha value is -3.47. The number of halogens is 5. The number of hydrogen-bond acceptors (Lipinski definition) is 4. The smallest absolute Gasteiger partial charge is 0.370 e. The van der Waals surface area contributed by atoms with E-state index in [0.717, 1.165) is 5.92 Å². The number of aliphatic imine (C=N–C) groups is 1. The molecule has 12 heteroatoms.